The van der Waals surface area contributed by atoms with E-state index in [-0.39, 0.29) is 53.9 Å². The molecule has 31 heavy (non-hydrogen) atoms. The van der Waals surface area contributed by atoms with Crippen molar-refractivity contribution in [1.82, 2.24) is 5.32 Å². The summed E-state index contributed by atoms with van der Waals surface area (Å²) in [7, 11) is -3.09. The number of hydrogen-bond acceptors (Lipinski definition) is 4. The molecule has 0 spiro atoms. The number of aliphatic imine (C=N–C) groups is 1. The lowest BCUT2D eigenvalue weighted by Gasteiger charge is -2.14. The Morgan fingerprint density at radius 2 is 1.87 bits per heavy atom. The van der Waals surface area contributed by atoms with Gasteiger partial charge < -0.3 is 15.4 Å². The highest BCUT2D eigenvalue weighted by atomic mass is 127. The van der Waals surface area contributed by atoms with Gasteiger partial charge in [0.1, 0.15) is 11.6 Å². The topological polar surface area (TPSA) is 79.8 Å². The molecule has 0 atom stereocenters. The van der Waals surface area contributed by atoms with Crippen LogP contribution in [0.25, 0.3) is 0 Å². The van der Waals surface area contributed by atoms with Crippen LogP contribution in [0.2, 0.25) is 0 Å². The van der Waals surface area contributed by atoms with Crippen molar-refractivity contribution < 1.29 is 17.5 Å². The molecular formula is C22H31FIN3O3S. The lowest BCUT2D eigenvalue weighted by molar-refractivity contribution is 0.242. The molecule has 0 heterocycles. The normalized spacial score (nSPS) is 11.7. The minimum Gasteiger partial charge on any atom is -0.491 e. The van der Waals surface area contributed by atoms with Crippen LogP contribution in [0.1, 0.15) is 26.3 Å². The molecule has 2 aromatic rings. The van der Waals surface area contributed by atoms with Gasteiger partial charge in [-0.25, -0.2) is 12.8 Å². The van der Waals surface area contributed by atoms with Crippen LogP contribution < -0.4 is 15.4 Å². The van der Waals surface area contributed by atoms with Gasteiger partial charge in [0.25, 0.3) is 0 Å². The van der Waals surface area contributed by atoms with Gasteiger partial charge in [0.15, 0.2) is 15.8 Å². The maximum absolute atomic E-state index is 13.3. The summed E-state index contributed by atoms with van der Waals surface area (Å²) in [6.07, 6.45) is 0.693. The SMILES string of the molecule is CCS(=O)(=O)CCN=C(NCCc1cccc(F)c1)Nc1ccc(OC(C)C)cc1.I. The number of anilines is 1. The predicted molar refractivity (Wildman–Crippen MR) is 136 cm³/mol. The van der Waals surface area contributed by atoms with Crippen molar-refractivity contribution in [2.24, 2.45) is 4.99 Å². The summed E-state index contributed by atoms with van der Waals surface area (Å²) in [6, 6.07) is 13.9. The van der Waals surface area contributed by atoms with Gasteiger partial charge in [-0.15, -0.1) is 24.0 Å². The lowest BCUT2D eigenvalue weighted by Crippen LogP contribution is -2.33. The summed E-state index contributed by atoms with van der Waals surface area (Å²) in [5.41, 5.74) is 1.66. The fourth-order valence-corrected chi connectivity index (χ4v) is 3.28. The van der Waals surface area contributed by atoms with E-state index in [1.54, 1.807) is 13.0 Å². The van der Waals surface area contributed by atoms with Crippen LogP contribution in [-0.2, 0) is 16.3 Å². The number of halogens is 2. The van der Waals surface area contributed by atoms with E-state index in [1.807, 2.05) is 44.2 Å². The van der Waals surface area contributed by atoms with Gasteiger partial charge in [-0.3, -0.25) is 4.99 Å². The van der Waals surface area contributed by atoms with Crippen LogP contribution in [0.15, 0.2) is 53.5 Å². The maximum atomic E-state index is 13.3. The Hall–Kier alpha value is -1.88. The molecule has 0 aliphatic heterocycles. The quantitative estimate of drug-likeness (QED) is 0.257. The van der Waals surface area contributed by atoms with Crippen molar-refractivity contribution in [3.63, 3.8) is 0 Å². The third kappa shape index (κ3) is 10.8. The summed E-state index contributed by atoms with van der Waals surface area (Å²) in [5.74, 6) is 1.04. The number of hydrogen-bond donors (Lipinski definition) is 2. The van der Waals surface area contributed by atoms with Gasteiger partial charge in [-0.1, -0.05) is 19.1 Å². The molecule has 0 bridgehead atoms. The molecule has 0 aromatic heterocycles. The van der Waals surface area contributed by atoms with Crippen molar-refractivity contribution in [1.29, 1.82) is 0 Å². The third-order valence-corrected chi connectivity index (χ3v) is 5.88. The van der Waals surface area contributed by atoms with Crippen LogP contribution >= 0.6 is 24.0 Å². The average molecular weight is 563 g/mol. The molecule has 0 radical (unpaired) electrons. The van der Waals surface area contributed by atoms with Crippen molar-refractivity contribution in [2.75, 3.05) is 29.9 Å². The van der Waals surface area contributed by atoms with Crippen LogP contribution in [0.4, 0.5) is 10.1 Å². The van der Waals surface area contributed by atoms with Gasteiger partial charge >= 0.3 is 0 Å². The van der Waals surface area contributed by atoms with E-state index in [0.29, 0.717) is 18.9 Å². The molecule has 0 amide bonds. The van der Waals surface area contributed by atoms with E-state index in [1.165, 1.54) is 12.1 Å². The third-order valence-electron chi connectivity index (χ3n) is 4.20. The Bertz CT molecular complexity index is 935. The minimum absolute atomic E-state index is 0. The zero-order chi connectivity index (χ0) is 22.0. The zero-order valence-corrected chi connectivity index (χ0v) is 21.2. The highest BCUT2D eigenvalue weighted by Gasteiger charge is 2.07. The summed E-state index contributed by atoms with van der Waals surface area (Å²) in [4.78, 5) is 4.38. The number of ether oxygens (including phenoxy) is 1. The molecule has 6 nitrogen and oxygen atoms in total. The first-order valence-corrected chi connectivity index (χ1v) is 11.9. The molecule has 0 aliphatic carbocycles. The van der Waals surface area contributed by atoms with Crippen LogP contribution in [0.5, 0.6) is 5.75 Å². The van der Waals surface area contributed by atoms with Crippen LogP contribution in [0, 0.1) is 5.82 Å². The first-order valence-electron chi connectivity index (χ1n) is 10.0. The molecule has 2 N–H and O–H groups in total. The number of guanidine groups is 1. The average Bonchev–Trinajstić information content (AvgIpc) is 2.69. The van der Waals surface area contributed by atoms with Gasteiger partial charge in [0, 0.05) is 18.0 Å². The summed E-state index contributed by atoms with van der Waals surface area (Å²) in [6.45, 7) is 6.22. The van der Waals surface area contributed by atoms with E-state index in [2.05, 4.69) is 15.6 Å². The summed E-state index contributed by atoms with van der Waals surface area (Å²) >= 11 is 0. The first kappa shape index (κ1) is 27.2. The molecule has 172 valence electrons. The van der Waals surface area contributed by atoms with Crippen LogP contribution in [0.3, 0.4) is 0 Å². The molecule has 2 aromatic carbocycles. The zero-order valence-electron chi connectivity index (χ0n) is 18.1. The fourth-order valence-electron chi connectivity index (χ4n) is 2.62. The van der Waals surface area contributed by atoms with Crippen molar-refractivity contribution in [3.8, 4) is 5.75 Å². The summed E-state index contributed by atoms with van der Waals surface area (Å²) in [5, 5.41) is 6.35. The lowest BCUT2D eigenvalue weighted by atomic mass is 10.1. The molecule has 0 saturated carbocycles. The second-order valence-corrected chi connectivity index (χ2v) is 9.56. The molecule has 0 saturated heterocycles. The van der Waals surface area contributed by atoms with E-state index in [4.69, 9.17) is 4.74 Å². The van der Waals surface area contributed by atoms with Gasteiger partial charge in [0.2, 0.25) is 0 Å². The van der Waals surface area contributed by atoms with E-state index >= 15 is 0 Å². The Balaban J connectivity index is 0.00000480. The van der Waals surface area contributed by atoms with E-state index in [0.717, 1.165) is 17.0 Å². The molecular weight excluding hydrogens is 532 g/mol. The molecule has 0 unspecified atom stereocenters. The molecule has 0 aliphatic rings. The number of benzene rings is 2. The van der Waals surface area contributed by atoms with Crippen molar-refractivity contribution >= 4 is 45.5 Å². The van der Waals surface area contributed by atoms with Gasteiger partial charge in [-0.05, 0) is 62.2 Å². The molecule has 9 heteroatoms. The Kier molecular flexibility index (Phi) is 11.8. The largest absolute Gasteiger partial charge is 0.491 e. The van der Waals surface area contributed by atoms with Gasteiger partial charge in [0.05, 0.1) is 18.4 Å². The predicted octanol–water partition coefficient (Wildman–Crippen LogP) is 4.27. The summed E-state index contributed by atoms with van der Waals surface area (Å²) < 4.78 is 42.5. The molecule has 2 rings (SSSR count). The standard InChI is InChI=1S/C22H30FN3O3S.HI/c1-4-30(27,28)15-14-25-22(24-13-12-18-6-5-7-19(23)16-18)26-20-8-10-21(11-9-20)29-17(2)3;/h5-11,16-17H,4,12-15H2,1-3H3,(H2,24,25,26);1H. The van der Waals surface area contributed by atoms with Gasteiger partial charge in [-0.2, -0.15) is 0 Å². The second-order valence-electron chi connectivity index (χ2n) is 7.09. The van der Waals surface area contributed by atoms with E-state index in [9.17, 15) is 12.8 Å². The van der Waals surface area contributed by atoms with E-state index < -0.39 is 9.84 Å². The highest BCUT2D eigenvalue weighted by Crippen LogP contribution is 2.16. The number of nitrogens with one attached hydrogen (secondary N) is 2. The van der Waals surface area contributed by atoms with Crippen molar-refractivity contribution in [3.05, 3.63) is 59.9 Å². The maximum Gasteiger partial charge on any atom is 0.195 e. The van der Waals surface area contributed by atoms with Crippen LogP contribution in [-0.4, -0.2) is 45.1 Å². The highest BCUT2D eigenvalue weighted by molar-refractivity contribution is 14.0. The fraction of sp³-hybridized carbons (Fsp3) is 0.409. The van der Waals surface area contributed by atoms with Crippen molar-refractivity contribution in [2.45, 2.75) is 33.3 Å². The minimum atomic E-state index is -3.09. The number of rotatable bonds is 10. The Morgan fingerprint density at radius 1 is 1.16 bits per heavy atom. The molecule has 0 fully saturated rings. The Labute approximate surface area is 201 Å². The smallest absolute Gasteiger partial charge is 0.195 e. The number of nitrogens with zero attached hydrogens (tertiary/aromatic N) is 1. The Morgan fingerprint density at radius 3 is 2.48 bits per heavy atom. The second kappa shape index (κ2) is 13.5. The first-order chi connectivity index (χ1) is 14.3. The monoisotopic (exact) mass is 563 g/mol. The number of sulfone groups is 1.